The molecule has 0 unspecified atom stereocenters. The van der Waals surface area contributed by atoms with Crippen LogP contribution >= 0.6 is 0 Å². The van der Waals surface area contributed by atoms with Crippen LogP contribution in [-0.2, 0) is 30.3 Å². The molecule has 248 valence electrons. The van der Waals surface area contributed by atoms with Gasteiger partial charge in [-0.15, -0.1) is 0 Å². The number of anilines is 1. The Labute approximate surface area is 272 Å². The number of nitrogens with one attached hydrogen (secondary N) is 1. The number of esters is 2. The van der Waals surface area contributed by atoms with E-state index in [1.165, 1.54) is 44.9 Å². The largest absolute Gasteiger partial charge is 0.454 e. The molecule has 2 aliphatic heterocycles. The molecule has 0 saturated carbocycles. The van der Waals surface area contributed by atoms with Crippen LogP contribution in [0.25, 0.3) is 0 Å². The zero-order valence-corrected chi connectivity index (χ0v) is 28.1. The zero-order chi connectivity index (χ0) is 31.8. The Balaban J connectivity index is 1.37. The lowest BCUT2D eigenvalue weighted by Crippen LogP contribution is -2.45. The van der Waals surface area contributed by atoms with E-state index in [1.807, 2.05) is 18.2 Å². The van der Waals surface area contributed by atoms with E-state index in [2.05, 4.69) is 60.5 Å². The van der Waals surface area contributed by atoms with Gasteiger partial charge in [-0.1, -0.05) is 114 Å². The van der Waals surface area contributed by atoms with Crippen LogP contribution < -0.4 is 10.2 Å². The summed E-state index contributed by atoms with van der Waals surface area (Å²) < 4.78 is 12.6. The quantitative estimate of drug-likeness (QED) is 0.133. The molecule has 0 atom stereocenters. The fourth-order valence-electron chi connectivity index (χ4n) is 7.03. The molecule has 2 aromatic carbocycles. The van der Waals surface area contributed by atoms with E-state index < -0.39 is 11.2 Å². The van der Waals surface area contributed by atoms with Crippen LogP contribution in [0.3, 0.4) is 0 Å². The monoisotopic (exact) mass is 618 g/mol. The molecule has 45 heavy (non-hydrogen) atoms. The maximum atomic E-state index is 13.0. The number of unbranched alkanes of at least 4 members (excludes halogenated alkanes) is 9. The van der Waals surface area contributed by atoms with Crippen molar-refractivity contribution in [3.8, 4) is 0 Å². The highest BCUT2D eigenvalue weighted by molar-refractivity contribution is 5.70. The number of ether oxygens (including phenoxy) is 2. The van der Waals surface area contributed by atoms with E-state index in [0.29, 0.717) is 12.8 Å². The molecule has 2 aromatic rings. The number of nitrogens with zero attached hydrogens (tertiary/aromatic N) is 1. The van der Waals surface area contributed by atoms with Gasteiger partial charge in [-0.05, 0) is 49.2 Å². The number of benzene rings is 2. The Morgan fingerprint density at radius 2 is 1.09 bits per heavy atom. The molecule has 6 heteroatoms. The van der Waals surface area contributed by atoms with E-state index >= 15 is 0 Å². The first kappa shape index (κ1) is 35.0. The maximum absolute atomic E-state index is 13.0. The average Bonchev–Trinajstić information content (AvgIpc) is 3.07. The minimum absolute atomic E-state index is 0.0692. The van der Waals surface area contributed by atoms with E-state index in [9.17, 15) is 9.59 Å². The van der Waals surface area contributed by atoms with Crippen molar-refractivity contribution in [2.45, 2.75) is 134 Å². The average molecular weight is 619 g/mol. The van der Waals surface area contributed by atoms with Gasteiger partial charge in [-0.3, -0.25) is 9.59 Å². The van der Waals surface area contributed by atoms with Gasteiger partial charge in [-0.2, -0.15) is 0 Å². The van der Waals surface area contributed by atoms with Gasteiger partial charge in [0.25, 0.3) is 0 Å². The maximum Gasteiger partial charge on any atom is 0.306 e. The summed E-state index contributed by atoms with van der Waals surface area (Å²) in [7, 11) is 0. The summed E-state index contributed by atoms with van der Waals surface area (Å²) in [6.07, 6.45) is 16.6. The van der Waals surface area contributed by atoms with E-state index in [4.69, 9.17) is 9.47 Å². The first-order valence-electron chi connectivity index (χ1n) is 18.1. The molecule has 2 aliphatic rings. The predicted molar refractivity (Wildman–Crippen MR) is 183 cm³/mol. The molecule has 0 radical (unpaired) electrons. The molecule has 0 bridgehead atoms. The highest BCUT2D eigenvalue weighted by Crippen LogP contribution is 2.40. The molecule has 4 rings (SSSR count). The van der Waals surface area contributed by atoms with Crippen LogP contribution in [0.15, 0.2) is 54.6 Å². The van der Waals surface area contributed by atoms with Crippen LogP contribution in [0.1, 0.15) is 134 Å². The molecule has 0 spiro atoms. The van der Waals surface area contributed by atoms with E-state index in [-0.39, 0.29) is 11.9 Å². The Bertz CT molecular complexity index is 1140. The minimum Gasteiger partial charge on any atom is -0.454 e. The Hall–Kier alpha value is -2.86. The van der Waals surface area contributed by atoms with Crippen molar-refractivity contribution in [3.05, 3.63) is 65.7 Å². The molecule has 6 nitrogen and oxygen atoms in total. The van der Waals surface area contributed by atoms with Crippen LogP contribution in [0.2, 0.25) is 0 Å². The second-order valence-electron chi connectivity index (χ2n) is 13.3. The SMILES string of the molecule is CCCCCCCCC(=O)OC1(c2ccc(N3CCC(OC(=O)CCCCCCC)(c4ccccc4)CC3)cc2)CCNCC1. The van der Waals surface area contributed by atoms with Gasteiger partial charge in [0.2, 0.25) is 0 Å². The van der Waals surface area contributed by atoms with Crippen LogP contribution in [0, 0.1) is 0 Å². The molecular formula is C39H58N2O4. The Morgan fingerprint density at radius 1 is 0.622 bits per heavy atom. The molecular weight excluding hydrogens is 560 g/mol. The van der Waals surface area contributed by atoms with Crippen molar-refractivity contribution in [3.63, 3.8) is 0 Å². The number of rotatable bonds is 18. The lowest BCUT2D eigenvalue weighted by Gasteiger charge is -2.42. The Morgan fingerprint density at radius 3 is 1.62 bits per heavy atom. The first-order chi connectivity index (χ1) is 22.0. The number of carbonyl (C=O) groups is 2. The van der Waals surface area contributed by atoms with Gasteiger partial charge in [0.1, 0.15) is 11.2 Å². The molecule has 0 amide bonds. The minimum atomic E-state index is -0.582. The molecule has 2 saturated heterocycles. The van der Waals surface area contributed by atoms with Crippen molar-refractivity contribution in [2.75, 3.05) is 31.1 Å². The topological polar surface area (TPSA) is 67.9 Å². The Kier molecular flexibility index (Phi) is 14.3. The fourth-order valence-corrected chi connectivity index (χ4v) is 7.03. The summed E-state index contributed by atoms with van der Waals surface area (Å²) in [5, 5.41) is 3.44. The number of hydrogen-bond acceptors (Lipinski definition) is 6. The smallest absolute Gasteiger partial charge is 0.306 e. The molecule has 0 aliphatic carbocycles. The van der Waals surface area contributed by atoms with Gasteiger partial charge >= 0.3 is 11.9 Å². The van der Waals surface area contributed by atoms with Crippen LogP contribution in [0.5, 0.6) is 0 Å². The molecule has 2 heterocycles. The second kappa shape index (κ2) is 18.3. The standard InChI is InChI=1S/C39H58N2O4/c1-3-5-7-9-11-16-20-36(42)44-38(25-29-40-30-26-38)34-21-23-35(24-22-34)41-31-27-39(28-32-41,33-17-13-12-14-18-33)45-37(43)19-15-10-8-6-4-2/h12-14,17-18,21-24,40H,3-11,15-16,19-20,25-32H2,1-2H3. The number of hydrogen-bond donors (Lipinski definition) is 1. The summed E-state index contributed by atoms with van der Waals surface area (Å²) in [4.78, 5) is 28.4. The highest BCUT2D eigenvalue weighted by atomic mass is 16.6. The molecule has 0 aromatic heterocycles. The molecule has 2 fully saturated rings. The lowest BCUT2D eigenvalue weighted by atomic mass is 9.83. The normalized spacial score (nSPS) is 17.5. The second-order valence-corrected chi connectivity index (χ2v) is 13.3. The summed E-state index contributed by atoms with van der Waals surface area (Å²) in [5.41, 5.74) is 2.20. The third kappa shape index (κ3) is 10.3. The third-order valence-corrected chi connectivity index (χ3v) is 9.88. The van der Waals surface area contributed by atoms with Gasteiger partial charge in [0.05, 0.1) is 0 Å². The highest BCUT2D eigenvalue weighted by Gasteiger charge is 2.41. The third-order valence-electron chi connectivity index (χ3n) is 9.88. The summed E-state index contributed by atoms with van der Waals surface area (Å²) in [6, 6.07) is 19.0. The lowest BCUT2D eigenvalue weighted by molar-refractivity contribution is -0.165. The molecule has 1 N–H and O–H groups in total. The van der Waals surface area contributed by atoms with Crippen molar-refractivity contribution in [2.24, 2.45) is 0 Å². The first-order valence-corrected chi connectivity index (χ1v) is 18.1. The summed E-state index contributed by atoms with van der Waals surface area (Å²) in [6.45, 7) is 7.73. The zero-order valence-electron chi connectivity index (χ0n) is 28.1. The fraction of sp³-hybridized carbons (Fsp3) is 0.641. The van der Waals surface area contributed by atoms with Crippen LogP contribution in [-0.4, -0.2) is 38.1 Å². The van der Waals surface area contributed by atoms with Gasteiger partial charge in [0.15, 0.2) is 0 Å². The van der Waals surface area contributed by atoms with Crippen LogP contribution in [0.4, 0.5) is 5.69 Å². The van der Waals surface area contributed by atoms with E-state index in [0.717, 1.165) is 94.4 Å². The van der Waals surface area contributed by atoms with Crippen molar-refractivity contribution >= 4 is 17.6 Å². The summed E-state index contributed by atoms with van der Waals surface area (Å²) in [5.74, 6) is -0.147. The van der Waals surface area contributed by atoms with Gasteiger partial charge < -0.3 is 19.7 Å². The summed E-state index contributed by atoms with van der Waals surface area (Å²) >= 11 is 0. The van der Waals surface area contributed by atoms with Crippen molar-refractivity contribution in [1.82, 2.24) is 5.32 Å². The number of carbonyl (C=O) groups excluding carboxylic acids is 2. The number of piperidine rings is 2. The van der Waals surface area contributed by atoms with Crippen molar-refractivity contribution in [1.29, 1.82) is 0 Å². The van der Waals surface area contributed by atoms with Gasteiger partial charge in [0, 0.05) is 57.3 Å². The van der Waals surface area contributed by atoms with Crippen molar-refractivity contribution < 1.29 is 19.1 Å². The van der Waals surface area contributed by atoms with Gasteiger partial charge in [-0.25, -0.2) is 0 Å². The predicted octanol–water partition coefficient (Wildman–Crippen LogP) is 8.96. The van der Waals surface area contributed by atoms with E-state index in [1.54, 1.807) is 0 Å².